The highest BCUT2D eigenvalue weighted by Crippen LogP contribution is 2.20. The molecule has 0 unspecified atom stereocenters. The van der Waals surface area contributed by atoms with Gasteiger partial charge in [-0.3, -0.25) is 4.90 Å². The van der Waals surface area contributed by atoms with Gasteiger partial charge in [0, 0.05) is 11.6 Å². The Balaban J connectivity index is 2.91. The molecule has 1 aromatic rings. The van der Waals surface area contributed by atoms with Crippen molar-refractivity contribution in [2.45, 2.75) is 45.9 Å². The standard InChI is InChI=1S/C15H20ClF2NO3/c1-15(2,3)22-14(21)19(8-13(17)18)7-10-4-5-12(16)11(6-10)9-20/h4-6,13,20H,7-9H2,1-3H3. The van der Waals surface area contributed by atoms with Gasteiger partial charge in [0.2, 0.25) is 0 Å². The summed E-state index contributed by atoms with van der Waals surface area (Å²) in [6, 6.07) is 4.74. The molecule has 0 saturated carbocycles. The second kappa shape index (κ2) is 7.74. The van der Waals surface area contributed by atoms with Gasteiger partial charge in [0.25, 0.3) is 6.43 Å². The van der Waals surface area contributed by atoms with Crippen LogP contribution in [0.25, 0.3) is 0 Å². The summed E-state index contributed by atoms with van der Waals surface area (Å²) in [5, 5.41) is 9.55. The zero-order valence-electron chi connectivity index (χ0n) is 12.8. The van der Waals surface area contributed by atoms with E-state index in [1.54, 1.807) is 39.0 Å². The molecular formula is C15H20ClF2NO3. The Morgan fingerprint density at radius 1 is 1.41 bits per heavy atom. The molecule has 0 radical (unpaired) electrons. The first-order valence-electron chi connectivity index (χ1n) is 6.76. The van der Waals surface area contributed by atoms with Gasteiger partial charge in [0.05, 0.1) is 13.2 Å². The van der Waals surface area contributed by atoms with Crippen LogP contribution in [0.5, 0.6) is 0 Å². The summed E-state index contributed by atoms with van der Waals surface area (Å²) in [5.41, 5.74) is 0.286. The van der Waals surface area contributed by atoms with Gasteiger partial charge in [-0.25, -0.2) is 13.6 Å². The number of aliphatic hydroxyl groups excluding tert-OH is 1. The van der Waals surface area contributed by atoms with E-state index in [2.05, 4.69) is 0 Å². The molecule has 0 aliphatic carbocycles. The lowest BCUT2D eigenvalue weighted by Crippen LogP contribution is -2.39. The molecule has 0 atom stereocenters. The average molecular weight is 336 g/mol. The quantitative estimate of drug-likeness (QED) is 0.889. The van der Waals surface area contributed by atoms with E-state index in [0.29, 0.717) is 16.1 Å². The Kier molecular flexibility index (Phi) is 6.56. The minimum Gasteiger partial charge on any atom is -0.444 e. The van der Waals surface area contributed by atoms with Crippen LogP contribution in [0.15, 0.2) is 18.2 Å². The first-order valence-corrected chi connectivity index (χ1v) is 7.14. The second-order valence-corrected chi connectivity index (χ2v) is 6.24. The van der Waals surface area contributed by atoms with E-state index in [0.717, 1.165) is 4.90 Å². The molecule has 0 spiro atoms. The third kappa shape index (κ3) is 6.15. The van der Waals surface area contributed by atoms with Crippen molar-refractivity contribution < 1.29 is 23.4 Å². The molecule has 1 rings (SSSR count). The Morgan fingerprint density at radius 2 is 2.05 bits per heavy atom. The van der Waals surface area contributed by atoms with Gasteiger partial charge in [-0.05, 0) is 38.0 Å². The van der Waals surface area contributed by atoms with Gasteiger partial charge in [0.1, 0.15) is 5.60 Å². The normalized spacial score (nSPS) is 11.6. The molecule has 0 heterocycles. The number of ether oxygens (including phenoxy) is 1. The van der Waals surface area contributed by atoms with Gasteiger partial charge in [0.15, 0.2) is 0 Å². The fourth-order valence-electron chi connectivity index (χ4n) is 1.76. The maximum Gasteiger partial charge on any atom is 0.410 e. The molecule has 22 heavy (non-hydrogen) atoms. The first kappa shape index (κ1) is 18.6. The molecule has 1 aromatic carbocycles. The molecule has 4 nitrogen and oxygen atoms in total. The first-order chi connectivity index (χ1) is 10.1. The Morgan fingerprint density at radius 3 is 2.55 bits per heavy atom. The number of carbonyl (C=O) groups is 1. The van der Waals surface area contributed by atoms with Crippen molar-refractivity contribution >= 4 is 17.7 Å². The van der Waals surface area contributed by atoms with Gasteiger partial charge < -0.3 is 9.84 Å². The van der Waals surface area contributed by atoms with Crippen LogP contribution in [0.4, 0.5) is 13.6 Å². The summed E-state index contributed by atoms with van der Waals surface area (Å²) in [6.07, 6.45) is -3.48. The van der Waals surface area contributed by atoms with Gasteiger partial charge in [-0.15, -0.1) is 0 Å². The van der Waals surface area contributed by atoms with E-state index in [4.69, 9.17) is 16.3 Å². The van der Waals surface area contributed by atoms with Crippen molar-refractivity contribution in [3.8, 4) is 0 Å². The fourth-order valence-corrected chi connectivity index (χ4v) is 1.94. The molecule has 0 fully saturated rings. The van der Waals surface area contributed by atoms with Gasteiger partial charge in [-0.1, -0.05) is 23.7 Å². The van der Waals surface area contributed by atoms with Crippen molar-refractivity contribution in [2.24, 2.45) is 0 Å². The predicted molar refractivity (Wildman–Crippen MR) is 80.0 cm³/mol. The molecule has 0 bridgehead atoms. The lowest BCUT2D eigenvalue weighted by Gasteiger charge is -2.27. The van der Waals surface area contributed by atoms with Crippen molar-refractivity contribution in [1.29, 1.82) is 0 Å². The Labute approximate surface area is 133 Å². The second-order valence-electron chi connectivity index (χ2n) is 5.84. The molecule has 1 amide bonds. The summed E-state index contributed by atoms with van der Waals surface area (Å²) in [5.74, 6) is 0. The highest BCUT2D eigenvalue weighted by atomic mass is 35.5. The highest BCUT2D eigenvalue weighted by molar-refractivity contribution is 6.31. The summed E-state index contributed by atoms with van der Waals surface area (Å²) in [6.45, 7) is 3.94. The molecule has 0 aliphatic rings. The zero-order chi connectivity index (χ0) is 16.9. The number of aliphatic hydroxyl groups is 1. The van der Waals surface area contributed by atoms with Crippen LogP contribution in [0.3, 0.4) is 0 Å². The number of hydrogen-bond acceptors (Lipinski definition) is 3. The fraction of sp³-hybridized carbons (Fsp3) is 0.533. The maximum atomic E-state index is 12.7. The highest BCUT2D eigenvalue weighted by Gasteiger charge is 2.24. The number of alkyl halides is 2. The monoisotopic (exact) mass is 335 g/mol. The molecule has 7 heteroatoms. The molecular weight excluding hydrogens is 316 g/mol. The Bertz CT molecular complexity index is 518. The van der Waals surface area contributed by atoms with E-state index >= 15 is 0 Å². The van der Waals surface area contributed by atoms with Crippen molar-refractivity contribution in [3.05, 3.63) is 34.3 Å². The molecule has 124 valence electrons. The molecule has 0 aromatic heterocycles. The van der Waals surface area contributed by atoms with Crippen LogP contribution in [0.2, 0.25) is 5.02 Å². The number of benzene rings is 1. The largest absolute Gasteiger partial charge is 0.444 e. The lowest BCUT2D eigenvalue weighted by molar-refractivity contribution is 0.00817. The number of halogens is 3. The minimum absolute atomic E-state index is 0.0522. The van der Waals surface area contributed by atoms with Gasteiger partial charge in [-0.2, -0.15) is 0 Å². The number of hydrogen-bond donors (Lipinski definition) is 1. The smallest absolute Gasteiger partial charge is 0.410 e. The summed E-state index contributed by atoms with van der Waals surface area (Å²) >= 11 is 5.88. The van der Waals surface area contributed by atoms with E-state index < -0.39 is 24.7 Å². The van der Waals surface area contributed by atoms with Gasteiger partial charge >= 0.3 is 6.09 Å². The Hall–Kier alpha value is -1.40. The molecule has 0 saturated heterocycles. The maximum absolute atomic E-state index is 12.7. The molecule has 1 N–H and O–H groups in total. The average Bonchev–Trinajstić information content (AvgIpc) is 2.37. The number of nitrogens with zero attached hydrogens (tertiary/aromatic N) is 1. The van der Waals surface area contributed by atoms with Crippen molar-refractivity contribution in [3.63, 3.8) is 0 Å². The summed E-state index contributed by atoms with van der Waals surface area (Å²) < 4.78 is 30.5. The van der Waals surface area contributed by atoms with Crippen LogP contribution in [-0.4, -0.2) is 34.7 Å². The van der Waals surface area contributed by atoms with Crippen LogP contribution in [-0.2, 0) is 17.9 Å². The number of carbonyl (C=O) groups excluding carboxylic acids is 1. The van der Waals surface area contributed by atoms with E-state index in [-0.39, 0.29) is 13.2 Å². The van der Waals surface area contributed by atoms with Crippen molar-refractivity contribution in [2.75, 3.05) is 6.54 Å². The van der Waals surface area contributed by atoms with Crippen molar-refractivity contribution in [1.82, 2.24) is 4.90 Å². The van der Waals surface area contributed by atoms with Crippen LogP contribution < -0.4 is 0 Å². The molecule has 0 aliphatic heterocycles. The third-order valence-corrected chi connectivity index (χ3v) is 3.03. The topological polar surface area (TPSA) is 49.8 Å². The number of rotatable bonds is 5. The SMILES string of the molecule is CC(C)(C)OC(=O)N(Cc1ccc(Cl)c(CO)c1)CC(F)F. The van der Waals surface area contributed by atoms with E-state index in [1.165, 1.54) is 0 Å². The van der Waals surface area contributed by atoms with Crippen LogP contribution >= 0.6 is 11.6 Å². The summed E-state index contributed by atoms with van der Waals surface area (Å²) in [4.78, 5) is 12.9. The zero-order valence-corrected chi connectivity index (χ0v) is 13.5. The van der Waals surface area contributed by atoms with E-state index in [1.807, 2.05) is 0 Å². The minimum atomic E-state index is -2.67. The number of amides is 1. The van der Waals surface area contributed by atoms with E-state index in [9.17, 15) is 18.7 Å². The predicted octanol–water partition coefficient (Wildman–Crippen LogP) is 3.83. The lowest BCUT2D eigenvalue weighted by atomic mass is 10.1. The van der Waals surface area contributed by atoms with Crippen LogP contribution in [0, 0.1) is 0 Å². The summed E-state index contributed by atoms with van der Waals surface area (Å²) in [7, 11) is 0. The van der Waals surface area contributed by atoms with Crippen LogP contribution in [0.1, 0.15) is 31.9 Å². The third-order valence-electron chi connectivity index (χ3n) is 2.66.